The molecule has 1 atom stereocenters. The normalized spacial score (nSPS) is 12.3. The van der Waals surface area contributed by atoms with Crippen LogP contribution in [0.15, 0.2) is 40.9 Å². The average Bonchev–Trinajstić information content (AvgIpc) is 2.34. The van der Waals surface area contributed by atoms with Crippen LogP contribution in [-0.2, 0) is 0 Å². The second-order valence-corrected chi connectivity index (χ2v) is 5.48. The zero-order valence-electron chi connectivity index (χ0n) is 10.2. The number of hydrogen-bond donors (Lipinski definition) is 1. The maximum absolute atomic E-state index is 13.7. The first kappa shape index (κ1) is 14.3. The predicted molar refractivity (Wildman–Crippen MR) is 78.2 cm³/mol. The summed E-state index contributed by atoms with van der Waals surface area (Å²) >= 11 is 9.28. The fourth-order valence-corrected chi connectivity index (χ4v) is 2.12. The van der Waals surface area contributed by atoms with Crippen molar-refractivity contribution in [2.45, 2.75) is 13.0 Å². The van der Waals surface area contributed by atoms with Gasteiger partial charge in [-0.05, 0) is 42.8 Å². The fourth-order valence-electron chi connectivity index (χ4n) is 1.56. The van der Waals surface area contributed by atoms with Crippen molar-refractivity contribution >= 4 is 27.5 Å². The molecule has 0 radical (unpaired) electrons. The Morgan fingerprint density at radius 2 is 1.89 bits per heavy atom. The summed E-state index contributed by atoms with van der Waals surface area (Å²) in [6.07, 6.45) is 0. The van der Waals surface area contributed by atoms with Crippen LogP contribution in [0.5, 0.6) is 11.5 Å². The third kappa shape index (κ3) is 3.47. The molecular weight excluding hydrogens is 333 g/mol. The molecule has 0 saturated carbocycles. The molecule has 2 nitrogen and oxygen atoms in total. The standard InChI is InChI=1S/C14H12BrClFNO/c1-8(18)9-2-4-13(11(16)6-9)19-14-5-3-10(15)7-12(14)17/h2-8H,18H2,1H3. The highest BCUT2D eigenvalue weighted by atomic mass is 79.9. The van der Waals surface area contributed by atoms with E-state index in [1.807, 2.05) is 13.0 Å². The van der Waals surface area contributed by atoms with Gasteiger partial charge in [0.25, 0.3) is 0 Å². The summed E-state index contributed by atoms with van der Waals surface area (Å²) in [4.78, 5) is 0. The molecular formula is C14H12BrClFNO. The monoisotopic (exact) mass is 343 g/mol. The van der Waals surface area contributed by atoms with E-state index in [9.17, 15) is 4.39 Å². The largest absolute Gasteiger partial charge is 0.453 e. The minimum Gasteiger partial charge on any atom is -0.453 e. The lowest BCUT2D eigenvalue weighted by atomic mass is 10.1. The van der Waals surface area contributed by atoms with Crippen molar-refractivity contribution in [3.8, 4) is 11.5 Å². The summed E-state index contributed by atoms with van der Waals surface area (Å²) in [6.45, 7) is 1.86. The summed E-state index contributed by atoms with van der Waals surface area (Å²) in [5.74, 6) is 0.0626. The Bertz CT molecular complexity index is 604. The Hall–Kier alpha value is -1.10. The molecule has 2 aromatic rings. The molecule has 2 rings (SSSR count). The Kier molecular flexibility index (Phi) is 4.45. The van der Waals surface area contributed by atoms with Crippen molar-refractivity contribution in [3.05, 3.63) is 57.3 Å². The molecule has 0 bridgehead atoms. The Labute approximate surface area is 124 Å². The van der Waals surface area contributed by atoms with Crippen LogP contribution < -0.4 is 10.5 Å². The zero-order valence-corrected chi connectivity index (χ0v) is 12.5. The minimum atomic E-state index is -0.457. The van der Waals surface area contributed by atoms with Gasteiger partial charge in [0.05, 0.1) is 5.02 Å². The van der Waals surface area contributed by atoms with Gasteiger partial charge in [-0.2, -0.15) is 0 Å². The Balaban J connectivity index is 2.28. The van der Waals surface area contributed by atoms with Gasteiger partial charge in [0.15, 0.2) is 11.6 Å². The highest BCUT2D eigenvalue weighted by molar-refractivity contribution is 9.10. The van der Waals surface area contributed by atoms with E-state index in [1.165, 1.54) is 12.1 Å². The van der Waals surface area contributed by atoms with Gasteiger partial charge >= 0.3 is 0 Å². The summed E-state index contributed by atoms with van der Waals surface area (Å²) in [7, 11) is 0. The molecule has 0 aliphatic rings. The highest BCUT2D eigenvalue weighted by Crippen LogP contribution is 2.33. The quantitative estimate of drug-likeness (QED) is 0.845. The van der Waals surface area contributed by atoms with Gasteiger partial charge < -0.3 is 10.5 Å². The van der Waals surface area contributed by atoms with E-state index in [2.05, 4.69) is 15.9 Å². The predicted octanol–water partition coefficient (Wildman–Crippen LogP) is 5.05. The molecule has 100 valence electrons. The van der Waals surface area contributed by atoms with Crippen molar-refractivity contribution in [2.75, 3.05) is 0 Å². The summed E-state index contributed by atoms with van der Waals surface area (Å²) in [6, 6.07) is 9.66. The number of benzene rings is 2. The van der Waals surface area contributed by atoms with Crippen molar-refractivity contribution < 1.29 is 9.13 Å². The lowest BCUT2D eigenvalue weighted by Crippen LogP contribution is -2.04. The van der Waals surface area contributed by atoms with Gasteiger partial charge in [0, 0.05) is 10.5 Å². The van der Waals surface area contributed by atoms with Crippen LogP contribution in [0.4, 0.5) is 4.39 Å². The Morgan fingerprint density at radius 1 is 1.21 bits per heavy atom. The van der Waals surface area contributed by atoms with Gasteiger partial charge in [0.2, 0.25) is 0 Å². The molecule has 0 saturated heterocycles. The maximum Gasteiger partial charge on any atom is 0.166 e. The van der Waals surface area contributed by atoms with Crippen molar-refractivity contribution in [1.82, 2.24) is 0 Å². The molecule has 2 N–H and O–H groups in total. The van der Waals surface area contributed by atoms with E-state index in [0.717, 1.165) is 5.56 Å². The zero-order chi connectivity index (χ0) is 14.0. The van der Waals surface area contributed by atoms with Gasteiger partial charge in [0.1, 0.15) is 5.75 Å². The molecule has 0 aliphatic heterocycles. The third-order valence-electron chi connectivity index (χ3n) is 2.60. The van der Waals surface area contributed by atoms with Crippen molar-refractivity contribution in [3.63, 3.8) is 0 Å². The molecule has 5 heteroatoms. The van der Waals surface area contributed by atoms with E-state index in [0.29, 0.717) is 15.2 Å². The van der Waals surface area contributed by atoms with Gasteiger partial charge in [-0.3, -0.25) is 0 Å². The first-order chi connectivity index (χ1) is 8.97. The van der Waals surface area contributed by atoms with Crippen LogP contribution >= 0.6 is 27.5 Å². The number of hydrogen-bond acceptors (Lipinski definition) is 2. The molecule has 0 heterocycles. The molecule has 0 aromatic heterocycles. The van der Waals surface area contributed by atoms with E-state index in [4.69, 9.17) is 22.1 Å². The molecule has 0 amide bonds. The Morgan fingerprint density at radius 3 is 2.47 bits per heavy atom. The van der Waals surface area contributed by atoms with Crippen LogP contribution in [0.2, 0.25) is 5.02 Å². The molecule has 0 spiro atoms. The van der Waals surface area contributed by atoms with Crippen LogP contribution in [-0.4, -0.2) is 0 Å². The van der Waals surface area contributed by atoms with E-state index >= 15 is 0 Å². The van der Waals surface area contributed by atoms with Crippen LogP contribution in [0.3, 0.4) is 0 Å². The number of nitrogens with two attached hydrogens (primary N) is 1. The molecule has 0 aliphatic carbocycles. The number of rotatable bonds is 3. The summed E-state index contributed by atoms with van der Waals surface area (Å²) < 4.78 is 19.8. The first-order valence-corrected chi connectivity index (χ1v) is 6.82. The maximum atomic E-state index is 13.7. The van der Waals surface area contributed by atoms with Crippen molar-refractivity contribution in [2.24, 2.45) is 5.73 Å². The second-order valence-electron chi connectivity index (χ2n) is 4.16. The highest BCUT2D eigenvalue weighted by Gasteiger charge is 2.10. The van der Waals surface area contributed by atoms with Gasteiger partial charge in [-0.1, -0.05) is 33.6 Å². The molecule has 2 aromatic carbocycles. The SMILES string of the molecule is CC(N)c1ccc(Oc2ccc(Br)cc2F)c(Cl)c1. The van der Waals surface area contributed by atoms with Crippen LogP contribution in [0.1, 0.15) is 18.5 Å². The van der Waals surface area contributed by atoms with E-state index in [-0.39, 0.29) is 11.8 Å². The first-order valence-electron chi connectivity index (χ1n) is 5.65. The van der Waals surface area contributed by atoms with E-state index in [1.54, 1.807) is 18.2 Å². The summed E-state index contributed by atoms with van der Waals surface area (Å²) in [5, 5.41) is 0.400. The minimum absolute atomic E-state index is 0.115. The van der Waals surface area contributed by atoms with Crippen LogP contribution in [0, 0.1) is 5.82 Å². The topological polar surface area (TPSA) is 35.2 Å². The lowest BCUT2D eigenvalue weighted by molar-refractivity contribution is 0.442. The van der Waals surface area contributed by atoms with Gasteiger partial charge in [-0.15, -0.1) is 0 Å². The average molecular weight is 345 g/mol. The molecule has 19 heavy (non-hydrogen) atoms. The number of halogens is 3. The molecule has 1 unspecified atom stereocenters. The van der Waals surface area contributed by atoms with E-state index < -0.39 is 5.82 Å². The van der Waals surface area contributed by atoms with Gasteiger partial charge in [-0.25, -0.2) is 4.39 Å². The molecule has 0 fully saturated rings. The third-order valence-corrected chi connectivity index (χ3v) is 3.38. The van der Waals surface area contributed by atoms with Crippen LogP contribution in [0.25, 0.3) is 0 Å². The lowest BCUT2D eigenvalue weighted by Gasteiger charge is -2.11. The smallest absolute Gasteiger partial charge is 0.166 e. The number of ether oxygens (including phenoxy) is 1. The fraction of sp³-hybridized carbons (Fsp3) is 0.143. The summed E-state index contributed by atoms with van der Waals surface area (Å²) in [5.41, 5.74) is 6.66. The second kappa shape index (κ2) is 5.90. The van der Waals surface area contributed by atoms with Crippen molar-refractivity contribution in [1.29, 1.82) is 0 Å².